The molecular formula is C57H66N10O6S. The standard InChI is InChI=1S/C57H66N10O6S/c1-32(2)51(57(71)67-29-41(68)23-47(67)56(70)60-26-35-9-13-38(14-10-35)53-34(4)61-31-74-53)49-25-50(65-73-49)72-30-36-11-15-40(16-12-36)66-21-19-37(20-22-66)39-27-58-54(59-28-39)42-17-18-45-52(33(42)3)44-24-46(63-64-55(44)62-45)43-7-5-6-8-48(43)69/h5-10,13-14,24-25,27-28,31-33,36-37,40-42,47,51,68-69H,11-12,15-23,26,29-30H2,1-4H3,(H,60,70)(H,62,64)/t33-,36-,40+,41+,42?,47-,51?/m0/s1. The van der Waals surface area contributed by atoms with Gasteiger partial charge in [-0.05, 0) is 141 Å². The maximum Gasteiger partial charge on any atom is 0.254 e. The highest BCUT2D eigenvalue weighted by Crippen LogP contribution is 2.45. The predicted molar refractivity (Wildman–Crippen MR) is 282 cm³/mol. The molecule has 16 nitrogen and oxygen atoms in total. The van der Waals surface area contributed by atoms with E-state index in [0.717, 1.165) is 103 Å². The zero-order valence-corrected chi connectivity index (χ0v) is 43.4. The van der Waals surface area contributed by atoms with Crippen LogP contribution in [0.5, 0.6) is 11.6 Å². The van der Waals surface area contributed by atoms with Gasteiger partial charge in [-0.3, -0.25) is 9.59 Å². The van der Waals surface area contributed by atoms with Gasteiger partial charge in [-0.1, -0.05) is 57.2 Å². The van der Waals surface area contributed by atoms with Crippen LogP contribution in [0.4, 0.5) is 0 Å². The van der Waals surface area contributed by atoms with Gasteiger partial charge in [-0.25, -0.2) is 15.0 Å². The smallest absolute Gasteiger partial charge is 0.254 e. The van der Waals surface area contributed by atoms with E-state index in [4.69, 9.17) is 19.2 Å². The molecule has 74 heavy (non-hydrogen) atoms. The Labute approximate surface area is 435 Å². The summed E-state index contributed by atoms with van der Waals surface area (Å²) in [4.78, 5) is 51.0. The number of aryl methyl sites for hydroxylation is 2. The minimum absolute atomic E-state index is 0.0719. The number of thiazole rings is 1. The van der Waals surface area contributed by atoms with Crippen LogP contribution in [0.25, 0.3) is 32.7 Å². The fourth-order valence-electron chi connectivity index (χ4n) is 12.3. The summed E-state index contributed by atoms with van der Waals surface area (Å²) in [5.74, 6) is 1.65. The number of hydrogen-bond acceptors (Lipinski definition) is 14. The number of carbonyl (C=O) groups excluding carboxylic acids is 2. The van der Waals surface area contributed by atoms with Crippen LogP contribution in [0, 0.1) is 18.8 Å². The first-order valence-corrected chi connectivity index (χ1v) is 27.4. The van der Waals surface area contributed by atoms with Crippen molar-refractivity contribution in [3.63, 3.8) is 0 Å². The maximum absolute atomic E-state index is 14.2. The number of aromatic amines is 1. The molecule has 5 atom stereocenters. The Morgan fingerprint density at radius 1 is 0.959 bits per heavy atom. The van der Waals surface area contributed by atoms with Crippen molar-refractivity contribution < 1.29 is 29.1 Å². The van der Waals surface area contributed by atoms with E-state index >= 15 is 0 Å². The van der Waals surface area contributed by atoms with Crippen molar-refractivity contribution in [3.05, 3.63) is 118 Å². The minimum atomic E-state index is -0.806. The molecule has 0 bridgehead atoms. The molecule has 11 rings (SSSR count). The van der Waals surface area contributed by atoms with E-state index in [-0.39, 0.29) is 48.3 Å². The lowest BCUT2D eigenvalue weighted by Gasteiger charge is -2.40. The Hall–Kier alpha value is -6.56. The second-order valence-electron chi connectivity index (χ2n) is 21.5. The van der Waals surface area contributed by atoms with Gasteiger partial charge >= 0.3 is 0 Å². The number of rotatable bonds is 14. The summed E-state index contributed by atoms with van der Waals surface area (Å²) in [7, 11) is 0. The number of ether oxygens (including phenoxy) is 1. The number of phenols is 1. The molecule has 7 aromatic rings. The predicted octanol–water partition coefficient (Wildman–Crippen LogP) is 9.21. The highest BCUT2D eigenvalue weighted by atomic mass is 32.1. The number of aromatic nitrogens is 7. The van der Waals surface area contributed by atoms with Crippen LogP contribution in [-0.2, 0) is 22.6 Å². The Morgan fingerprint density at radius 2 is 1.73 bits per heavy atom. The summed E-state index contributed by atoms with van der Waals surface area (Å²) >= 11 is 1.60. The molecule has 5 aromatic heterocycles. The molecule has 2 aliphatic carbocycles. The van der Waals surface area contributed by atoms with Crippen LogP contribution in [0.2, 0.25) is 0 Å². The number of fused-ring (bicyclic) bond motifs is 3. The summed E-state index contributed by atoms with van der Waals surface area (Å²) < 4.78 is 12.0. The van der Waals surface area contributed by atoms with Crippen molar-refractivity contribution in [2.75, 3.05) is 26.2 Å². The lowest BCUT2D eigenvalue weighted by atomic mass is 9.77. The molecule has 2 aromatic carbocycles. The van der Waals surface area contributed by atoms with Crippen molar-refractivity contribution in [2.24, 2.45) is 11.8 Å². The van der Waals surface area contributed by atoms with E-state index in [1.165, 1.54) is 21.7 Å². The van der Waals surface area contributed by atoms with Crippen LogP contribution < -0.4 is 10.1 Å². The second-order valence-corrected chi connectivity index (χ2v) is 22.4. The van der Waals surface area contributed by atoms with Gasteiger partial charge < -0.3 is 39.6 Å². The second kappa shape index (κ2) is 21.4. The van der Waals surface area contributed by atoms with Crippen LogP contribution >= 0.6 is 11.3 Å². The van der Waals surface area contributed by atoms with E-state index in [9.17, 15) is 19.8 Å². The van der Waals surface area contributed by atoms with Crippen LogP contribution in [0.1, 0.15) is 135 Å². The van der Waals surface area contributed by atoms with Gasteiger partial charge in [0.05, 0.1) is 34.5 Å². The van der Waals surface area contributed by atoms with E-state index < -0.39 is 18.1 Å². The number of aromatic hydroxyl groups is 1. The number of likely N-dealkylation sites (tertiary alicyclic amines) is 2. The quantitative estimate of drug-likeness (QED) is 0.0802. The highest BCUT2D eigenvalue weighted by molar-refractivity contribution is 7.13. The Kier molecular flexibility index (Phi) is 14.3. The lowest BCUT2D eigenvalue weighted by molar-refractivity contribution is -0.141. The zero-order valence-electron chi connectivity index (χ0n) is 42.6. The number of para-hydroxylation sites is 1. The molecule has 0 spiro atoms. The number of amides is 2. The van der Waals surface area contributed by atoms with Crippen LogP contribution in [0.3, 0.4) is 0 Å². The normalized spacial score (nSPS) is 23.0. The SMILES string of the molecule is Cc1ncsc1-c1ccc(CNC(=O)[C@@H]2C[C@@H](O)CN2C(=O)C(c2cc(OC[C@H]3CC[C@@H](N4CCC(c5cnc(C6CCc7[nH]c8nnc(-c9ccccc9O)cc8c7[C@H]6C)nc5)CC4)CC3)no2)C(C)C)cc1. The van der Waals surface area contributed by atoms with Gasteiger partial charge in [0, 0.05) is 66.6 Å². The number of benzene rings is 2. The molecule has 7 heterocycles. The van der Waals surface area contributed by atoms with Crippen molar-refractivity contribution in [1.82, 2.24) is 50.4 Å². The highest BCUT2D eigenvalue weighted by Gasteiger charge is 2.43. The summed E-state index contributed by atoms with van der Waals surface area (Å²) in [6.45, 7) is 11.2. The molecule has 2 aliphatic heterocycles. The molecule has 386 valence electrons. The van der Waals surface area contributed by atoms with Gasteiger partial charge in [0.15, 0.2) is 11.4 Å². The first kappa shape index (κ1) is 49.6. The molecule has 4 aliphatic rings. The van der Waals surface area contributed by atoms with E-state index in [2.05, 4.69) is 54.9 Å². The topological polar surface area (TPSA) is 209 Å². The molecule has 2 amide bonds. The van der Waals surface area contributed by atoms with E-state index in [1.807, 2.05) is 74.8 Å². The van der Waals surface area contributed by atoms with Gasteiger partial charge in [-0.15, -0.1) is 21.5 Å². The minimum Gasteiger partial charge on any atom is -0.507 e. The number of aliphatic hydroxyl groups is 1. The fraction of sp³-hybridized carbons (Fsp3) is 0.474. The van der Waals surface area contributed by atoms with Crippen molar-refractivity contribution in [1.29, 1.82) is 0 Å². The third-order valence-corrected chi connectivity index (χ3v) is 17.5. The number of β-amino-alcohol motifs (C(OH)–C–C–N with tert-alkyl or cyclic N) is 1. The number of piperidine rings is 1. The number of aliphatic hydroxyl groups excluding tert-OH is 1. The third kappa shape index (κ3) is 10.2. The van der Waals surface area contributed by atoms with Crippen molar-refractivity contribution >= 4 is 34.2 Å². The third-order valence-electron chi connectivity index (χ3n) is 16.5. The average Bonchev–Trinajstić information content (AvgIpc) is 4.24. The molecular weight excluding hydrogens is 953 g/mol. The summed E-state index contributed by atoms with van der Waals surface area (Å²) in [5, 5.41) is 38.4. The van der Waals surface area contributed by atoms with Crippen LogP contribution in [-0.4, -0.2) is 112 Å². The number of nitrogens with zero attached hydrogens (tertiary/aromatic N) is 8. The molecule has 2 saturated heterocycles. The Balaban J connectivity index is 0.633. The van der Waals surface area contributed by atoms with Crippen molar-refractivity contribution in [2.45, 2.75) is 134 Å². The summed E-state index contributed by atoms with van der Waals surface area (Å²) in [6.07, 6.45) is 11.9. The number of phenolic OH excluding ortho intramolecular Hbond substituents is 1. The van der Waals surface area contributed by atoms with Gasteiger partial charge in [-0.2, -0.15) is 0 Å². The number of nitrogens with one attached hydrogen (secondary N) is 2. The zero-order chi connectivity index (χ0) is 51.0. The van der Waals surface area contributed by atoms with Crippen LogP contribution in [0.15, 0.2) is 83.1 Å². The molecule has 4 N–H and O–H groups in total. The van der Waals surface area contributed by atoms with Crippen molar-refractivity contribution in [3.8, 4) is 33.3 Å². The number of H-pyrrole nitrogens is 1. The summed E-state index contributed by atoms with van der Waals surface area (Å²) in [5.41, 5.74) is 10.6. The fourth-order valence-corrected chi connectivity index (χ4v) is 13.1. The van der Waals surface area contributed by atoms with E-state index in [1.54, 1.807) is 23.5 Å². The average molecular weight is 1020 g/mol. The Bertz CT molecular complexity index is 3080. The van der Waals surface area contributed by atoms with Gasteiger partial charge in [0.1, 0.15) is 23.5 Å². The van der Waals surface area contributed by atoms with E-state index in [0.29, 0.717) is 53.9 Å². The molecule has 17 heteroatoms. The monoisotopic (exact) mass is 1020 g/mol. The largest absolute Gasteiger partial charge is 0.507 e. The number of carbonyl (C=O) groups is 2. The van der Waals surface area contributed by atoms with Gasteiger partial charge in [0.2, 0.25) is 11.8 Å². The number of hydrogen-bond donors (Lipinski definition) is 4. The maximum atomic E-state index is 14.2. The molecule has 3 fully saturated rings. The van der Waals surface area contributed by atoms with Gasteiger partial charge in [0.25, 0.3) is 5.88 Å². The summed E-state index contributed by atoms with van der Waals surface area (Å²) in [6, 6.07) is 18.8. The molecule has 2 unspecified atom stereocenters. The first-order valence-electron chi connectivity index (χ1n) is 26.5. The molecule has 0 radical (unpaired) electrons. The first-order chi connectivity index (χ1) is 35.9. The Morgan fingerprint density at radius 3 is 2.46 bits per heavy atom. The lowest BCUT2D eigenvalue weighted by Crippen LogP contribution is -2.48. The molecule has 1 saturated carbocycles.